The smallest absolute Gasteiger partial charge is 0.124 e. The van der Waals surface area contributed by atoms with Crippen molar-refractivity contribution in [2.45, 2.75) is 64.6 Å². The van der Waals surface area contributed by atoms with Gasteiger partial charge in [-0.1, -0.05) is 24.3 Å². The van der Waals surface area contributed by atoms with Crippen molar-refractivity contribution in [3.05, 3.63) is 64.8 Å². The maximum atomic E-state index is 10.4. The van der Waals surface area contributed by atoms with Gasteiger partial charge in [0.1, 0.15) is 5.75 Å². The number of piperidine rings is 1. The van der Waals surface area contributed by atoms with E-state index >= 15 is 0 Å². The number of hydrogen-bond acceptors (Lipinski definition) is 3. The molecule has 0 amide bonds. The summed E-state index contributed by atoms with van der Waals surface area (Å²) < 4.78 is 5.82. The molecule has 2 aliphatic rings. The topological polar surface area (TPSA) is 48.5 Å². The molecule has 4 heteroatoms. The molecule has 2 fully saturated rings. The lowest BCUT2D eigenvalue weighted by Gasteiger charge is -2.41. The predicted octanol–water partition coefficient (Wildman–Crippen LogP) is 5.83. The SMILES string of the molecule is COc1cc(C)c2[nH]ccc2c1CN1CCC2(CC2)C[C@@H]1c1ccc(C(C)(C)O)cc1. The first-order chi connectivity index (χ1) is 14.8. The lowest BCUT2D eigenvalue weighted by Crippen LogP contribution is -2.37. The number of nitrogens with zero attached hydrogens (tertiary/aromatic N) is 1. The summed E-state index contributed by atoms with van der Waals surface area (Å²) in [5.74, 6) is 0.979. The number of aromatic nitrogens is 1. The van der Waals surface area contributed by atoms with Gasteiger partial charge < -0.3 is 14.8 Å². The normalized spacial score (nSPS) is 21.0. The molecule has 5 rings (SSSR count). The number of hydrogen-bond donors (Lipinski definition) is 2. The quantitative estimate of drug-likeness (QED) is 0.548. The number of methoxy groups -OCH3 is 1. The lowest BCUT2D eigenvalue weighted by molar-refractivity contribution is 0.0781. The van der Waals surface area contributed by atoms with E-state index < -0.39 is 5.60 Å². The number of aromatic amines is 1. The molecule has 1 aliphatic heterocycles. The maximum absolute atomic E-state index is 10.4. The van der Waals surface area contributed by atoms with E-state index in [0.29, 0.717) is 11.5 Å². The summed E-state index contributed by atoms with van der Waals surface area (Å²) in [5.41, 5.74) is 5.76. The highest BCUT2D eigenvalue weighted by Gasteiger charge is 2.48. The largest absolute Gasteiger partial charge is 0.496 e. The molecular formula is C27H34N2O2. The Labute approximate surface area is 185 Å². The minimum absolute atomic E-state index is 0.395. The van der Waals surface area contributed by atoms with Crippen molar-refractivity contribution in [3.63, 3.8) is 0 Å². The third-order valence-electron chi connectivity index (χ3n) is 7.65. The zero-order valence-electron chi connectivity index (χ0n) is 19.2. The van der Waals surface area contributed by atoms with Gasteiger partial charge >= 0.3 is 0 Å². The molecule has 2 heterocycles. The number of fused-ring (bicyclic) bond motifs is 1. The van der Waals surface area contributed by atoms with Gasteiger partial charge in [0.25, 0.3) is 0 Å². The fourth-order valence-electron chi connectivity index (χ4n) is 5.42. The summed E-state index contributed by atoms with van der Waals surface area (Å²) in [6, 6.07) is 13.4. The summed E-state index contributed by atoms with van der Waals surface area (Å²) >= 11 is 0. The summed E-state index contributed by atoms with van der Waals surface area (Å²) in [5, 5.41) is 11.6. The average Bonchev–Trinajstić information content (AvgIpc) is 3.30. The lowest BCUT2D eigenvalue weighted by atomic mass is 9.83. The minimum Gasteiger partial charge on any atom is -0.496 e. The number of ether oxygens (including phenoxy) is 1. The van der Waals surface area contributed by atoms with Gasteiger partial charge in [-0.05, 0) is 87.2 Å². The first kappa shape index (κ1) is 20.6. The molecule has 0 bridgehead atoms. The Bertz CT molecular complexity index is 1090. The molecule has 1 saturated carbocycles. The van der Waals surface area contributed by atoms with Gasteiger partial charge in [-0.25, -0.2) is 0 Å². The Morgan fingerprint density at radius 1 is 1.16 bits per heavy atom. The van der Waals surface area contributed by atoms with E-state index in [1.165, 1.54) is 53.3 Å². The van der Waals surface area contributed by atoms with Gasteiger partial charge in [-0.3, -0.25) is 4.90 Å². The zero-order chi connectivity index (χ0) is 21.8. The van der Waals surface area contributed by atoms with Crippen molar-refractivity contribution in [1.29, 1.82) is 0 Å². The average molecular weight is 419 g/mol. The van der Waals surface area contributed by atoms with E-state index in [9.17, 15) is 5.11 Å². The Hall–Kier alpha value is -2.30. The third kappa shape index (κ3) is 3.77. The number of aliphatic hydroxyl groups is 1. The van der Waals surface area contributed by atoms with Crippen LogP contribution in [0.3, 0.4) is 0 Å². The first-order valence-corrected chi connectivity index (χ1v) is 11.5. The second kappa shape index (κ2) is 7.39. The van der Waals surface area contributed by atoms with Crippen LogP contribution in [0.15, 0.2) is 42.6 Å². The summed E-state index contributed by atoms with van der Waals surface area (Å²) in [7, 11) is 1.78. The van der Waals surface area contributed by atoms with Gasteiger partial charge in [0, 0.05) is 35.2 Å². The molecule has 1 aromatic heterocycles. The molecule has 0 radical (unpaired) electrons. The molecule has 1 aliphatic carbocycles. The Morgan fingerprint density at radius 3 is 2.55 bits per heavy atom. The van der Waals surface area contributed by atoms with Crippen molar-refractivity contribution in [1.82, 2.24) is 9.88 Å². The second-order valence-electron chi connectivity index (χ2n) is 10.3. The predicted molar refractivity (Wildman–Crippen MR) is 125 cm³/mol. The number of nitrogens with one attached hydrogen (secondary N) is 1. The molecule has 3 aromatic rings. The summed E-state index contributed by atoms with van der Waals surface area (Å²) in [6.07, 6.45) is 7.28. The summed E-state index contributed by atoms with van der Waals surface area (Å²) in [6.45, 7) is 7.82. The second-order valence-corrected chi connectivity index (χ2v) is 10.3. The van der Waals surface area contributed by atoms with E-state index in [2.05, 4.69) is 53.2 Å². The highest BCUT2D eigenvalue weighted by molar-refractivity contribution is 5.88. The third-order valence-corrected chi connectivity index (χ3v) is 7.65. The van der Waals surface area contributed by atoms with Crippen molar-refractivity contribution >= 4 is 10.9 Å². The molecule has 0 unspecified atom stereocenters. The van der Waals surface area contributed by atoms with Crippen LogP contribution in [0, 0.1) is 12.3 Å². The van der Waals surface area contributed by atoms with Gasteiger partial charge in [-0.2, -0.15) is 0 Å². The van der Waals surface area contributed by atoms with Crippen LogP contribution in [0.1, 0.15) is 67.8 Å². The highest BCUT2D eigenvalue weighted by Crippen LogP contribution is 2.58. The number of rotatable bonds is 5. The Balaban J connectivity index is 1.50. The van der Waals surface area contributed by atoms with Crippen LogP contribution >= 0.6 is 0 Å². The van der Waals surface area contributed by atoms with Crippen molar-refractivity contribution < 1.29 is 9.84 Å². The van der Waals surface area contributed by atoms with Crippen LogP contribution < -0.4 is 4.74 Å². The number of aryl methyl sites for hydroxylation is 1. The monoisotopic (exact) mass is 418 g/mol. The Morgan fingerprint density at radius 2 is 1.90 bits per heavy atom. The van der Waals surface area contributed by atoms with Crippen LogP contribution in [-0.4, -0.2) is 28.6 Å². The van der Waals surface area contributed by atoms with Crippen molar-refractivity contribution in [2.75, 3.05) is 13.7 Å². The van der Waals surface area contributed by atoms with Gasteiger partial charge in [0.05, 0.1) is 12.7 Å². The van der Waals surface area contributed by atoms with Crippen molar-refractivity contribution in [3.8, 4) is 5.75 Å². The first-order valence-electron chi connectivity index (χ1n) is 11.5. The number of benzene rings is 2. The minimum atomic E-state index is -0.808. The van der Waals surface area contributed by atoms with Crippen LogP contribution in [0.2, 0.25) is 0 Å². The molecule has 2 aromatic carbocycles. The number of likely N-dealkylation sites (tertiary alicyclic amines) is 1. The van der Waals surface area contributed by atoms with Gasteiger partial charge in [0.15, 0.2) is 0 Å². The van der Waals surface area contributed by atoms with Crippen LogP contribution in [0.25, 0.3) is 10.9 Å². The van der Waals surface area contributed by atoms with Crippen molar-refractivity contribution in [2.24, 2.45) is 5.41 Å². The zero-order valence-corrected chi connectivity index (χ0v) is 19.2. The number of H-pyrrole nitrogens is 1. The molecular weight excluding hydrogens is 384 g/mol. The molecule has 1 saturated heterocycles. The highest BCUT2D eigenvalue weighted by atomic mass is 16.5. The summed E-state index contributed by atoms with van der Waals surface area (Å²) in [4.78, 5) is 6.05. The van der Waals surface area contributed by atoms with E-state index in [0.717, 1.165) is 24.4 Å². The van der Waals surface area contributed by atoms with E-state index in [-0.39, 0.29) is 0 Å². The molecule has 1 atom stereocenters. The molecule has 31 heavy (non-hydrogen) atoms. The van der Waals surface area contributed by atoms with Gasteiger partial charge in [-0.15, -0.1) is 0 Å². The van der Waals surface area contributed by atoms with E-state index in [1.54, 1.807) is 7.11 Å². The molecule has 164 valence electrons. The van der Waals surface area contributed by atoms with Crippen LogP contribution in [0.5, 0.6) is 5.75 Å². The molecule has 2 N–H and O–H groups in total. The van der Waals surface area contributed by atoms with E-state index in [1.807, 2.05) is 20.0 Å². The fraction of sp³-hybridized carbons (Fsp3) is 0.481. The maximum Gasteiger partial charge on any atom is 0.124 e. The Kier molecular flexibility index (Phi) is 4.91. The van der Waals surface area contributed by atoms with Gasteiger partial charge in [0.2, 0.25) is 0 Å². The van der Waals surface area contributed by atoms with Crippen LogP contribution in [-0.2, 0) is 12.1 Å². The molecule has 4 nitrogen and oxygen atoms in total. The standard InChI is InChI=1S/C27H34N2O2/c1-18-15-24(31-4)22(21-9-13-28-25(18)21)17-29-14-12-27(10-11-27)16-23(29)19-5-7-20(8-6-19)26(2,3)30/h5-9,13,15,23,28,30H,10-12,14,16-17H2,1-4H3/t23-/m1/s1. The fourth-order valence-corrected chi connectivity index (χ4v) is 5.42. The van der Waals surface area contributed by atoms with E-state index in [4.69, 9.17) is 4.74 Å². The van der Waals surface area contributed by atoms with Crippen LogP contribution in [0.4, 0.5) is 0 Å². The molecule has 1 spiro atoms.